The lowest BCUT2D eigenvalue weighted by Gasteiger charge is -2.38. The molecule has 1 rings (SSSR count). The second-order valence-electron chi connectivity index (χ2n) is 5.23. The summed E-state index contributed by atoms with van der Waals surface area (Å²) in [5, 5.41) is 0. The van der Waals surface area contributed by atoms with Crippen LogP contribution in [-0.2, 0) is 9.53 Å². The van der Waals surface area contributed by atoms with Crippen LogP contribution in [0, 0.1) is 11.8 Å². The lowest BCUT2D eigenvalue weighted by molar-refractivity contribution is -0.148. The van der Waals surface area contributed by atoms with Crippen LogP contribution in [0.4, 0.5) is 0 Å². The van der Waals surface area contributed by atoms with Gasteiger partial charge in [-0.2, -0.15) is 0 Å². The van der Waals surface area contributed by atoms with Gasteiger partial charge in [0.05, 0.1) is 7.11 Å². The minimum atomic E-state index is -0.0665. The molecule has 1 saturated heterocycles. The fourth-order valence-corrected chi connectivity index (χ4v) is 2.82. The molecule has 1 aliphatic rings. The van der Waals surface area contributed by atoms with Gasteiger partial charge in [-0.05, 0) is 24.7 Å². The molecule has 0 bridgehead atoms. The molecule has 16 heavy (non-hydrogen) atoms. The fourth-order valence-electron chi connectivity index (χ4n) is 2.82. The molecule has 0 aromatic rings. The van der Waals surface area contributed by atoms with Gasteiger partial charge in [-0.25, -0.2) is 0 Å². The smallest absolute Gasteiger partial charge is 0.323 e. The number of ether oxygens (including phenoxy) is 1. The van der Waals surface area contributed by atoms with Gasteiger partial charge in [0.2, 0.25) is 0 Å². The van der Waals surface area contributed by atoms with Crippen molar-refractivity contribution in [2.45, 2.75) is 46.1 Å². The van der Waals surface area contributed by atoms with Crippen LogP contribution in [0.2, 0.25) is 0 Å². The summed E-state index contributed by atoms with van der Waals surface area (Å²) in [6.07, 6.45) is 3.21. The van der Waals surface area contributed by atoms with Gasteiger partial charge in [0.1, 0.15) is 6.04 Å². The highest BCUT2D eigenvalue weighted by Crippen LogP contribution is 2.24. The minimum Gasteiger partial charge on any atom is -0.468 e. The number of carbonyl (C=O) groups excluding carboxylic acids is 1. The Morgan fingerprint density at radius 3 is 2.38 bits per heavy atom. The summed E-state index contributed by atoms with van der Waals surface area (Å²) in [5.74, 6) is 1.31. The zero-order valence-electron chi connectivity index (χ0n) is 11.0. The van der Waals surface area contributed by atoms with Gasteiger partial charge in [-0.3, -0.25) is 9.69 Å². The molecular weight excluding hydrogens is 202 g/mol. The summed E-state index contributed by atoms with van der Waals surface area (Å²) in [6.45, 7) is 8.72. The number of nitrogens with zero attached hydrogens (tertiary/aromatic N) is 1. The number of piperidine rings is 1. The average molecular weight is 227 g/mol. The Kier molecular flexibility index (Phi) is 5.26. The molecule has 0 aliphatic carbocycles. The Morgan fingerprint density at radius 2 is 1.94 bits per heavy atom. The molecule has 1 heterocycles. The number of hydrogen-bond acceptors (Lipinski definition) is 3. The number of esters is 1. The lowest BCUT2D eigenvalue weighted by Crippen LogP contribution is -2.48. The standard InChI is InChI=1S/C13H25NO2/c1-5-6-12(13(15)16-4)14-8-10(2)7-11(3)9-14/h10-12H,5-9H2,1-4H3/t10-,11+,12-/m0/s1. The molecule has 94 valence electrons. The van der Waals surface area contributed by atoms with Crippen LogP contribution in [0.1, 0.15) is 40.0 Å². The van der Waals surface area contributed by atoms with Crippen molar-refractivity contribution < 1.29 is 9.53 Å². The predicted octanol–water partition coefficient (Wildman–Crippen LogP) is 2.31. The van der Waals surface area contributed by atoms with Crippen molar-refractivity contribution in [3.05, 3.63) is 0 Å². The van der Waals surface area contributed by atoms with Crippen molar-refractivity contribution >= 4 is 5.97 Å². The van der Waals surface area contributed by atoms with Crippen molar-refractivity contribution in [1.29, 1.82) is 0 Å². The lowest BCUT2D eigenvalue weighted by atomic mass is 9.90. The van der Waals surface area contributed by atoms with Crippen LogP contribution in [0.5, 0.6) is 0 Å². The number of methoxy groups -OCH3 is 1. The van der Waals surface area contributed by atoms with Gasteiger partial charge < -0.3 is 4.74 Å². The van der Waals surface area contributed by atoms with Crippen LogP contribution in [-0.4, -0.2) is 37.1 Å². The highest BCUT2D eigenvalue weighted by Gasteiger charge is 2.31. The van der Waals surface area contributed by atoms with Gasteiger partial charge >= 0.3 is 5.97 Å². The van der Waals surface area contributed by atoms with Crippen LogP contribution in [0.25, 0.3) is 0 Å². The van der Waals surface area contributed by atoms with E-state index >= 15 is 0 Å². The van der Waals surface area contributed by atoms with E-state index in [1.165, 1.54) is 13.5 Å². The third kappa shape index (κ3) is 3.48. The quantitative estimate of drug-likeness (QED) is 0.690. The van der Waals surface area contributed by atoms with Gasteiger partial charge in [-0.15, -0.1) is 0 Å². The van der Waals surface area contributed by atoms with E-state index in [4.69, 9.17) is 4.74 Å². The maximum atomic E-state index is 11.8. The van der Waals surface area contributed by atoms with E-state index in [1.807, 2.05) is 0 Å². The molecule has 3 atom stereocenters. The number of hydrogen-bond donors (Lipinski definition) is 0. The maximum absolute atomic E-state index is 11.8. The molecule has 0 aromatic heterocycles. The third-order valence-corrected chi connectivity index (χ3v) is 3.37. The summed E-state index contributed by atoms with van der Waals surface area (Å²) in [5.41, 5.74) is 0. The fraction of sp³-hybridized carbons (Fsp3) is 0.923. The van der Waals surface area contributed by atoms with Crippen LogP contribution < -0.4 is 0 Å². The summed E-state index contributed by atoms with van der Waals surface area (Å²) < 4.78 is 4.91. The summed E-state index contributed by atoms with van der Waals surface area (Å²) >= 11 is 0. The van der Waals surface area contributed by atoms with Crippen molar-refractivity contribution in [1.82, 2.24) is 4.90 Å². The largest absolute Gasteiger partial charge is 0.468 e. The average Bonchev–Trinajstić information content (AvgIpc) is 2.23. The van der Waals surface area contributed by atoms with Crippen molar-refractivity contribution in [3.8, 4) is 0 Å². The number of rotatable bonds is 4. The first-order valence-electron chi connectivity index (χ1n) is 6.40. The normalized spacial score (nSPS) is 28.8. The monoisotopic (exact) mass is 227 g/mol. The Labute approximate surface area is 99.1 Å². The van der Waals surface area contributed by atoms with E-state index < -0.39 is 0 Å². The summed E-state index contributed by atoms with van der Waals surface area (Å²) in [7, 11) is 1.49. The Bertz CT molecular complexity index is 220. The van der Waals surface area contributed by atoms with E-state index in [0.29, 0.717) is 11.8 Å². The molecule has 3 nitrogen and oxygen atoms in total. The molecule has 3 heteroatoms. The second kappa shape index (κ2) is 6.24. The summed E-state index contributed by atoms with van der Waals surface area (Å²) in [4.78, 5) is 14.1. The topological polar surface area (TPSA) is 29.5 Å². The molecule has 0 unspecified atom stereocenters. The first-order valence-corrected chi connectivity index (χ1v) is 6.40. The third-order valence-electron chi connectivity index (χ3n) is 3.37. The first kappa shape index (κ1) is 13.5. The van der Waals surface area contributed by atoms with Gasteiger partial charge in [0.15, 0.2) is 0 Å². The number of likely N-dealkylation sites (tertiary alicyclic amines) is 1. The van der Waals surface area contributed by atoms with Crippen LogP contribution in [0.3, 0.4) is 0 Å². The summed E-state index contributed by atoms with van der Waals surface area (Å²) in [6, 6.07) is -0.0276. The highest BCUT2D eigenvalue weighted by molar-refractivity contribution is 5.75. The molecule has 1 aliphatic heterocycles. The second-order valence-corrected chi connectivity index (χ2v) is 5.23. The highest BCUT2D eigenvalue weighted by atomic mass is 16.5. The van der Waals surface area contributed by atoms with E-state index in [9.17, 15) is 4.79 Å². The SMILES string of the molecule is CCC[C@@H](C(=O)OC)N1C[C@H](C)C[C@H](C)C1. The van der Waals surface area contributed by atoms with E-state index in [1.54, 1.807) is 0 Å². The molecule has 0 amide bonds. The Morgan fingerprint density at radius 1 is 1.38 bits per heavy atom. The molecule has 0 spiro atoms. The molecule has 0 radical (unpaired) electrons. The maximum Gasteiger partial charge on any atom is 0.323 e. The molecule has 0 N–H and O–H groups in total. The number of carbonyl (C=O) groups is 1. The zero-order valence-corrected chi connectivity index (χ0v) is 11.0. The van der Waals surface area contributed by atoms with E-state index in [2.05, 4.69) is 25.7 Å². The van der Waals surface area contributed by atoms with Crippen molar-refractivity contribution in [3.63, 3.8) is 0 Å². The van der Waals surface area contributed by atoms with Gasteiger partial charge in [0, 0.05) is 13.1 Å². The predicted molar refractivity (Wildman–Crippen MR) is 65.2 cm³/mol. The Balaban J connectivity index is 2.65. The minimum absolute atomic E-state index is 0.0276. The van der Waals surface area contributed by atoms with E-state index in [-0.39, 0.29) is 12.0 Å². The van der Waals surface area contributed by atoms with Gasteiger partial charge in [0.25, 0.3) is 0 Å². The van der Waals surface area contributed by atoms with E-state index in [0.717, 1.165) is 25.9 Å². The van der Waals surface area contributed by atoms with Gasteiger partial charge in [-0.1, -0.05) is 27.2 Å². The van der Waals surface area contributed by atoms with Crippen molar-refractivity contribution in [2.24, 2.45) is 11.8 Å². The van der Waals surface area contributed by atoms with Crippen LogP contribution >= 0.6 is 0 Å². The Hall–Kier alpha value is -0.570. The first-order chi connectivity index (χ1) is 7.58. The van der Waals surface area contributed by atoms with Crippen molar-refractivity contribution in [2.75, 3.05) is 20.2 Å². The molecule has 0 aromatic carbocycles. The molecular formula is C13H25NO2. The molecule has 0 saturated carbocycles. The van der Waals surface area contributed by atoms with Crippen LogP contribution in [0.15, 0.2) is 0 Å². The zero-order chi connectivity index (χ0) is 12.1. The molecule has 1 fully saturated rings.